The number of aryl methyl sites for hydroxylation is 1. The second-order valence-corrected chi connectivity index (χ2v) is 6.41. The van der Waals surface area contributed by atoms with E-state index in [1.54, 1.807) is 6.20 Å². The van der Waals surface area contributed by atoms with E-state index in [4.69, 9.17) is 5.73 Å². The molecule has 1 aliphatic carbocycles. The summed E-state index contributed by atoms with van der Waals surface area (Å²) in [5.41, 5.74) is 7.86. The van der Waals surface area contributed by atoms with Gasteiger partial charge in [0.15, 0.2) is 5.82 Å². The average Bonchev–Trinajstić information content (AvgIpc) is 3.26. The summed E-state index contributed by atoms with van der Waals surface area (Å²) in [5, 5.41) is 9.93. The van der Waals surface area contributed by atoms with Crippen LogP contribution in [0.5, 0.6) is 0 Å². The Morgan fingerprint density at radius 1 is 1.36 bits per heavy atom. The van der Waals surface area contributed by atoms with Crippen LogP contribution in [0.3, 0.4) is 0 Å². The van der Waals surface area contributed by atoms with E-state index in [0.29, 0.717) is 23.0 Å². The molecule has 2 heterocycles. The van der Waals surface area contributed by atoms with E-state index in [-0.39, 0.29) is 11.9 Å². The first-order chi connectivity index (χ1) is 12.1. The lowest BCUT2D eigenvalue weighted by atomic mass is 10.0. The number of rotatable bonds is 5. The minimum Gasteiger partial charge on any atom is -0.382 e. The fourth-order valence-electron chi connectivity index (χ4n) is 3.13. The van der Waals surface area contributed by atoms with E-state index in [1.807, 2.05) is 48.1 Å². The minimum absolute atomic E-state index is 0.111. The number of hydrogen-bond donors (Lipinski definition) is 3. The van der Waals surface area contributed by atoms with E-state index in [0.717, 1.165) is 24.2 Å². The summed E-state index contributed by atoms with van der Waals surface area (Å²) >= 11 is 0. The predicted molar refractivity (Wildman–Crippen MR) is 94.6 cm³/mol. The lowest BCUT2D eigenvalue weighted by molar-refractivity contribution is 0.0924. The molecular formula is C18H20N6O. The molecule has 7 heteroatoms. The van der Waals surface area contributed by atoms with Gasteiger partial charge in [0.05, 0.1) is 11.6 Å². The smallest absolute Gasteiger partial charge is 0.270 e. The molecule has 0 spiro atoms. The number of amides is 1. The van der Waals surface area contributed by atoms with Crippen LogP contribution in [0.4, 0.5) is 5.82 Å². The molecule has 1 atom stereocenters. The maximum Gasteiger partial charge on any atom is 0.270 e. The molecule has 2 aromatic heterocycles. The summed E-state index contributed by atoms with van der Waals surface area (Å²) in [6.45, 7) is 0. The Bertz CT molecular complexity index is 893. The first kappa shape index (κ1) is 15.4. The van der Waals surface area contributed by atoms with Crippen LogP contribution < -0.4 is 11.1 Å². The number of nitrogens with one attached hydrogen (secondary N) is 2. The Kier molecular flexibility index (Phi) is 3.76. The molecular weight excluding hydrogens is 316 g/mol. The maximum absolute atomic E-state index is 12.9. The van der Waals surface area contributed by atoms with Gasteiger partial charge in [0.1, 0.15) is 11.5 Å². The van der Waals surface area contributed by atoms with Crippen molar-refractivity contribution in [1.29, 1.82) is 0 Å². The van der Waals surface area contributed by atoms with E-state index >= 15 is 0 Å². The lowest BCUT2D eigenvalue weighted by Gasteiger charge is -2.18. The molecule has 3 aromatic rings. The summed E-state index contributed by atoms with van der Waals surface area (Å²) in [4.78, 5) is 17.3. The molecule has 1 aromatic carbocycles. The molecule has 1 saturated carbocycles. The summed E-state index contributed by atoms with van der Waals surface area (Å²) in [5.74, 6) is 1.38. The molecule has 0 radical (unpaired) electrons. The largest absolute Gasteiger partial charge is 0.382 e. The van der Waals surface area contributed by atoms with E-state index in [2.05, 4.69) is 20.5 Å². The summed E-state index contributed by atoms with van der Waals surface area (Å²) in [6, 6.07) is 9.45. The molecule has 1 fully saturated rings. The number of carbonyl (C=O) groups excluding carboxylic acids is 1. The minimum atomic E-state index is -0.219. The van der Waals surface area contributed by atoms with Crippen molar-refractivity contribution in [3.63, 3.8) is 0 Å². The number of nitrogen functional groups attached to an aromatic ring is 1. The van der Waals surface area contributed by atoms with E-state index < -0.39 is 0 Å². The van der Waals surface area contributed by atoms with Crippen molar-refractivity contribution in [1.82, 2.24) is 25.1 Å². The molecule has 7 nitrogen and oxygen atoms in total. The highest BCUT2D eigenvalue weighted by Gasteiger charge is 2.36. The summed E-state index contributed by atoms with van der Waals surface area (Å²) < 4.78 is 1.95. The van der Waals surface area contributed by atoms with Crippen molar-refractivity contribution in [3.8, 4) is 11.1 Å². The van der Waals surface area contributed by atoms with E-state index in [1.165, 1.54) is 0 Å². The highest BCUT2D eigenvalue weighted by atomic mass is 16.2. The molecule has 0 unspecified atom stereocenters. The monoisotopic (exact) mass is 336 g/mol. The molecule has 0 saturated heterocycles. The highest BCUT2D eigenvalue weighted by Crippen LogP contribution is 2.40. The van der Waals surface area contributed by atoms with Crippen molar-refractivity contribution in [2.75, 3.05) is 5.73 Å². The number of anilines is 1. The SMILES string of the molecule is Cn1ccnc1[C@@H](NC(=O)c1[nH]nc(N)c1-c1ccccc1)C1CC1. The van der Waals surface area contributed by atoms with E-state index in [9.17, 15) is 4.79 Å². The van der Waals surface area contributed by atoms with Crippen molar-refractivity contribution < 1.29 is 4.79 Å². The van der Waals surface area contributed by atoms with Gasteiger partial charge >= 0.3 is 0 Å². The molecule has 0 bridgehead atoms. The van der Waals surface area contributed by atoms with Crippen LogP contribution in [0.25, 0.3) is 11.1 Å². The molecule has 128 valence electrons. The molecule has 1 aliphatic rings. The standard InChI is InChI=1S/C18H20N6O/c1-24-10-9-20-17(24)14(12-7-8-12)21-18(25)15-13(16(19)23-22-15)11-5-3-2-4-6-11/h2-6,9-10,12,14H,7-8H2,1H3,(H,21,25)(H3,19,22,23)/t14-/m0/s1. The lowest BCUT2D eigenvalue weighted by Crippen LogP contribution is -2.32. The predicted octanol–water partition coefficient (Wildman–Crippen LogP) is 2.27. The zero-order valence-corrected chi connectivity index (χ0v) is 13.9. The van der Waals surface area contributed by atoms with Crippen LogP contribution in [0, 0.1) is 5.92 Å². The number of nitrogens with zero attached hydrogens (tertiary/aromatic N) is 3. The van der Waals surface area contributed by atoms with Gasteiger partial charge in [-0.1, -0.05) is 30.3 Å². The van der Waals surface area contributed by atoms with Gasteiger partial charge in [-0.05, 0) is 24.3 Å². The van der Waals surface area contributed by atoms with Crippen LogP contribution in [-0.2, 0) is 7.05 Å². The van der Waals surface area contributed by atoms with Crippen LogP contribution in [0.2, 0.25) is 0 Å². The third kappa shape index (κ3) is 2.88. The van der Waals surface area contributed by atoms with Gasteiger partial charge in [0.25, 0.3) is 5.91 Å². The zero-order chi connectivity index (χ0) is 17.4. The number of aromatic amines is 1. The van der Waals surface area contributed by atoms with Crippen LogP contribution in [-0.4, -0.2) is 25.7 Å². The topological polar surface area (TPSA) is 102 Å². The second kappa shape index (κ2) is 6.08. The second-order valence-electron chi connectivity index (χ2n) is 6.41. The normalized spacial score (nSPS) is 15.1. The average molecular weight is 336 g/mol. The number of imidazole rings is 1. The fourth-order valence-corrected chi connectivity index (χ4v) is 3.13. The van der Waals surface area contributed by atoms with Crippen molar-refractivity contribution >= 4 is 11.7 Å². The molecule has 4 rings (SSSR count). The Hall–Kier alpha value is -3.09. The molecule has 4 N–H and O–H groups in total. The number of nitrogens with two attached hydrogens (primary N) is 1. The van der Waals surface area contributed by atoms with Crippen LogP contribution in [0.15, 0.2) is 42.7 Å². The Labute approximate surface area is 145 Å². The highest BCUT2D eigenvalue weighted by molar-refractivity contribution is 6.01. The van der Waals surface area contributed by atoms with Gasteiger partial charge in [0, 0.05) is 19.4 Å². The van der Waals surface area contributed by atoms with Gasteiger partial charge in [0.2, 0.25) is 0 Å². The fraction of sp³-hybridized carbons (Fsp3) is 0.278. The molecule has 0 aliphatic heterocycles. The van der Waals surface area contributed by atoms with Crippen molar-refractivity contribution in [2.24, 2.45) is 13.0 Å². The Morgan fingerprint density at radius 3 is 2.76 bits per heavy atom. The summed E-state index contributed by atoms with van der Waals surface area (Å²) in [6.07, 6.45) is 5.82. The summed E-state index contributed by atoms with van der Waals surface area (Å²) in [7, 11) is 1.94. The number of carbonyl (C=O) groups is 1. The number of H-pyrrole nitrogens is 1. The van der Waals surface area contributed by atoms with Crippen molar-refractivity contribution in [3.05, 3.63) is 54.2 Å². The van der Waals surface area contributed by atoms with Gasteiger partial charge in [-0.25, -0.2) is 4.98 Å². The number of benzene rings is 1. The maximum atomic E-state index is 12.9. The van der Waals surface area contributed by atoms with Crippen LogP contribution in [0.1, 0.15) is 35.2 Å². The third-order valence-electron chi connectivity index (χ3n) is 4.60. The Morgan fingerprint density at radius 2 is 2.12 bits per heavy atom. The zero-order valence-electron chi connectivity index (χ0n) is 13.9. The first-order valence-corrected chi connectivity index (χ1v) is 8.32. The van der Waals surface area contributed by atoms with Gasteiger partial charge in [-0.3, -0.25) is 9.89 Å². The van der Waals surface area contributed by atoms with Gasteiger partial charge in [-0.15, -0.1) is 0 Å². The van der Waals surface area contributed by atoms with Crippen molar-refractivity contribution in [2.45, 2.75) is 18.9 Å². The molecule has 1 amide bonds. The third-order valence-corrected chi connectivity index (χ3v) is 4.60. The van der Waals surface area contributed by atoms with Gasteiger partial charge < -0.3 is 15.6 Å². The Balaban J connectivity index is 1.65. The van der Waals surface area contributed by atoms with Gasteiger partial charge in [-0.2, -0.15) is 5.10 Å². The number of aromatic nitrogens is 4. The molecule has 25 heavy (non-hydrogen) atoms. The number of hydrogen-bond acceptors (Lipinski definition) is 4. The van der Waals surface area contributed by atoms with Crippen LogP contribution >= 0.6 is 0 Å². The first-order valence-electron chi connectivity index (χ1n) is 8.32. The quantitative estimate of drug-likeness (QED) is 0.665.